The highest BCUT2D eigenvalue weighted by Gasteiger charge is 2.29. The molecule has 1 heterocycles. The Morgan fingerprint density at radius 3 is 2.29 bits per heavy atom. The maximum atomic E-state index is 8.14. The number of hydrogen-bond acceptors (Lipinski definition) is 2. The lowest BCUT2D eigenvalue weighted by Crippen LogP contribution is -2.55. The highest BCUT2D eigenvalue weighted by molar-refractivity contribution is 5.84. The van der Waals surface area contributed by atoms with Crippen molar-refractivity contribution in [3.05, 3.63) is 0 Å². The normalized spacial score (nSPS) is 25.2. The lowest BCUT2D eigenvalue weighted by atomic mass is 9.93. The van der Waals surface area contributed by atoms with E-state index >= 15 is 0 Å². The fourth-order valence-corrected chi connectivity index (χ4v) is 1.90. The number of likely N-dealkylation sites (N-methyl/N-ethyl adjacent to an activating group) is 1. The zero-order valence-electron chi connectivity index (χ0n) is 10.1. The summed E-state index contributed by atoms with van der Waals surface area (Å²) in [5.41, 5.74) is -0.0236. The molecule has 1 unspecified atom stereocenters. The molecule has 82 valence electrons. The minimum Gasteiger partial charge on any atom is -0.355 e. The van der Waals surface area contributed by atoms with Gasteiger partial charge in [0.1, 0.15) is 5.84 Å². The van der Waals surface area contributed by atoms with E-state index in [-0.39, 0.29) is 5.41 Å². The molecule has 0 amide bonds. The number of rotatable bonds is 0. The first-order chi connectivity index (χ1) is 6.32. The fourth-order valence-electron chi connectivity index (χ4n) is 1.90. The molecule has 0 aromatic carbocycles. The number of amidine groups is 1. The quantitative estimate of drug-likeness (QED) is 0.473. The molecule has 1 aliphatic heterocycles. The van der Waals surface area contributed by atoms with Gasteiger partial charge in [-0.3, -0.25) is 5.41 Å². The molecule has 0 radical (unpaired) electrons. The van der Waals surface area contributed by atoms with Gasteiger partial charge in [0.15, 0.2) is 0 Å². The summed E-state index contributed by atoms with van der Waals surface area (Å²) in [6.45, 7) is 11.7. The Kier molecular flexibility index (Phi) is 3.20. The first-order valence-corrected chi connectivity index (χ1v) is 5.36. The van der Waals surface area contributed by atoms with Crippen molar-refractivity contribution in [2.75, 3.05) is 26.7 Å². The van der Waals surface area contributed by atoms with Crippen molar-refractivity contribution < 1.29 is 0 Å². The van der Waals surface area contributed by atoms with Crippen LogP contribution in [-0.2, 0) is 0 Å². The topological polar surface area (TPSA) is 30.3 Å². The lowest BCUT2D eigenvalue weighted by Gasteiger charge is -2.43. The summed E-state index contributed by atoms with van der Waals surface area (Å²) < 4.78 is 0. The van der Waals surface area contributed by atoms with Crippen molar-refractivity contribution in [3.8, 4) is 0 Å². The van der Waals surface area contributed by atoms with Crippen LogP contribution in [-0.4, -0.2) is 48.4 Å². The van der Waals surface area contributed by atoms with Crippen molar-refractivity contribution in [1.29, 1.82) is 5.41 Å². The Morgan fingerprint density at radius 2 is 1.86 bits per heavy atom. The fraction of sp³-hybridized carbons (Fsp3) is 0.909. The highest BCUT2D eigenvalue weighted by atomic mass is 15.3. The first kappa shape index (κ1) is 11.5. The van der Waals surface area contributed by atoms with Gasteiger partial charge in [0.05, 0.1) is 0 Å². The van der Waals surface area contributed by atoms with E-state index in [1.54, 1.807) is 0 Å². The van der Waals surface area contributed by atoms with E-state index in [2.05, 4.69) is 44.5 Å². The Bertz CT molecular complexity index is 217. The standard InChI is InChI=1S/C11H23N3/c1-9-8-13(5)6-7-14(9)10(12)11(2,3)4/h9,12H,6-8H2,1-5H3. The summed E-state index contributed by atoms with van der Waals surface area (Å²) in [5, 5.41) is 8.14. The summed E-state index contributed by atoms with van der Waals surface area (Å²) in [7, 11) is 2.15. The van der Waals surface area contributed by atoms with Crippen LogP contribution in [0.25, 0.3) is 0 Å². The van der Waals surface area contributed by atoms with E-state index in [9.17, 15) is 0 Å². The molecule has 0 aliphatic carbocycles. The van der Waals surface area contributed by atoms with E-state index in [0.29, 0.717) is 6.04 Å². The monoisotopic (exact) mass is 197 g/mol. The third kappa shape index (κ3) is 2.47. The maximum absolute atomic E-state index is 8.14. The van der Waals surface area contributed by atoms with Gasteiger partial charge < -0.3 is 9.80 Å². The molecule has 14 heavy (non-hydrogen) atoms. The first-order valence-electron chi connectivity index (χ1n) is 5.36. The van der Waals surface area contributed by atoms with Crippen molar-refractivity contribution >= 4 is 5.84 Å². The highest BCUT2D eigenvalue weighted by Crippen LogP contribution is 2.21. The molecular weight excluding hydrogens is 174 g/mol. The molecule has 1 N–H and O–H groups in total. The molecule has 0 aromatic rings. The summed E-state index contributed by atoms with van der Waals surface area (Å²) in [6.07, 6.45) is 0. The van der Waals surface area contributed by atoms with Crippen LogP contribution in [0.4, 0.5) is 0 Å². The van der Waals surface area contributed by atoms with Crippen molar-refractivity contribution in [2.24, 2.45) is 5.41 Å². The van der Waals surface area contributed by atoms with Crippen LogP contribution in [0.15, 0.2) is 0 Å². The molecule has 0 saturated carbocycles. The molecule has 3 nitrogen and oxygen atoms in total. The van der Waals surface area contributed by atoms with Gasteiger partial charge in [0, 0.05) is 31.1 Å². The van der Waals surface area contributed by atoms with Gasteiger partial charge in [0.2, 0.25) is 0 Å². The van der Waals surface area contributed by atoms with Gasteiger partial charge >= 0.3 is 0 Å². The van der Waals surface area contributed by atoms with Crippen molar-refractivity contribution in [2.45, 2.75) is 33.7 Å². The van der Waals surface area contributed by atoms with Crippen LogP contribution in [0.2, 0.25) is 0 Å². The third-order valence-electron chi connectivity index (χ3n) is 2.83. The van der Waals surface area contributed by atoms with Crippen molar-refractivity contribution in [1.82, 2.24) is 9.80 Å². The molecule has 3 heteroatoms. The molecule has 1 rings (SSSR count). The van der Waals surface area contributed by atoms with E-state index in [1.807, 2.05) is 0 Å². The van der Waals surface area contributed by atoms with E-state index in [0.717, 1.165) is 25.5 Å². The molecule has 1 aliphatic rings. The summed E-state index contributed by atoms with van der Waals surface area (Å²) >= 11 is 0. The largest absolute Gasteiger partial charge is 0.355 e. The average molecular weight is 197 g/mol. The zero-order chi connectivity index (χ0) is 10.9. The van der Waals surface area contributed by atoms with E-state index < -0.39 is 0 Å². The van der Waals surface area contributed by atoms with Crippen LogP contribution in [0.5, 0.6) is 0 Å². The Hall–Kier alpha value is -0.570. The van der Waals surface area contributed by atoms with Gasteiger partial charge in [-0.25, -0.2) is 0 Å². The van der Waals surface area contributed by atoms with E-state index in [1.165, 1.54) is 0 Å². The van der Waals surface area contributed by atoms with Gasteiger partial charge in [-0.1, -0.05) is 20.8 Å². The number of nitrogens with zero attached hydrogens (tertiary/aromatic N) is 2. The molecule has 0 bridgehead atoms. The number of piperazine rings is 1. The SMILES string of the molecule is CC1CN(C)CCN1C(=N)C(C)(C)C. The van der Waals surface area contributed by atoms with Gasteiger partial charge in [-0.15, -0.1) is 0 Å². The predicted octanol–water partition coefficient (Wildman–Crippen LogP) is 1.65. The lowest BCUT2D eigenvalue weighted by molar-refractivity contribution is 0.151. The van der Waals surface area contributed by atoms with Crippen LogP contribution in [0.1, 0.15) is 27.7 Å². The second-order valence-electron chi connectivity index (χ2n) is 5.40. The van der Waals surface area contributed by atoms with Crippen LogP contribution in [0.3, 0.4) is 0 Å². The predicted molar refractivity (Wildman–Crippen MR) is 60.8 cm³/mol. The second-order valence-corrected chi connectivity index (χ2v) is 5.40. The summed E-state index contributed by atoms with van der Waals surface area (Å²) in [4.78, 5) is 4.57. The average Bonchev–Trinajstić information content (AvgIpc) is 2.01. The minimum atomic E-state index is -0.0236. The minimum absolute atomic E-state index is 0.0236. The maximum Gasteiger partial charge on any atom is 0.102 e. The van der Waals surface area contributed by atoms with Crippen LogP contribution in [0, 0.1) is 10.8 Å². The second kappa shape index (κ2) is 3.89. The summed E-state index contributed by atoms with van der Waals surface area (Å²) in [6, 6.07) is 0.473. The number of nitrogens with one attached hydrogen (secondary N) is 1. The molecule has 1 saturated heterocycles. The van der Waals surface area contributed by atoms with Gasteiger partial charge in [-0.2, -0.15) is 0 Å². The Balaban J connectivity index is 2.65. The molecule has 0 spiro atoms. The van der Waals surface area contributed by atoms with Gasteiger partial charge in [-0.05, 0) is 14.0 Å². The summed E-state index contributed by atoms with van der Waals surface area (Å²) in [5.74, 6) is 0.776. The molecular formula is C11H23N3. The number of hydrogen-bond donors (Lipinski definition) is 1. The van der Waals surface area contributed by atoms with E-state index in [4.69, 9.17) is 5.41 Å². The van der Waals surface area contributed by atoms with Gasteiger partial charge in [0.25, 0.3) is 0 Å². The molecule has 0 aromatic heterocycles. The smallest absolute Gasteiger partial charge is 0.102 e. The van der Waals surface area contributed by atoms with Crippen LogP contribution < -0.4 is 0 Å². The Labute approximate surface area is 87.6 Å². The Morgan fingerprint density at radius 1 is 1.29 bits per heavy atom. The van der Waals surface area contributed by atoms with Crippen LogP contribution >= 0.6 is 0 Å². The molecule has 1 fully saturated rings. The molecule has 1 atom stereocenters. The third-order valence-corrected chi connectivity index (χ3v) is 2.83. The van der Waals surface area contributed by atoms with Crippen molar-refractivity contribution in [3.63, 3.8) is 0 Å². The zero-order valence-corrected chi connectivity index (χ0v) is 10.1.